The van der Waals surface area contributed by atoms with Crippen LogP contribution in [0.3, 0.4) is 0 Å². The first-order valence-corrected chi connectivity index (χ1v) is 9.17. The number of fused-ring (bicyclic) bond motifs is 1. The summed E-state index contributed by atoms with van der Waals surface area (Å²) in [6, 6.07) is 8.80. The Labute approximate surface area is 154 Å². The van der Waals surface area contributed by atoms with Crippen LogP contribution in [0.2, 0.25) is 0 Å². The summed E-state index contributed by atoms with van der Waals surface area (Å²) in [5.41, 5.74) is 0.518. The van der Waals surface area contributed by atoms with Crippen molar-refractivity contribution in [3.8, 4) is 0 Å². The first-order valence-electron chi connectivity index (χ1n) is 8.29. The maximum Gasteiger partial charge on any atom is 0.262 e. The van der Waals surface area contributed by atoms with Crippen LogP contribution in [0.1, 0.15) is 32.6 Å². The zero-order chi connectivity index (χ0) is 18.8. The van der Waals surface area contributed by atoms with Crippen LogP contribution < -0.4 is 10.9 Å². The van der Waals surface area contributed by atoms with Crippen LogP contribution in [0.5, 0.6) is 0 Å². The van der Waals surface area contributed by atoms with E-state index < -0.39 is 5.25 Å². The second-order valence-electron chi connectivity index (χ2n) is 6.25. The Kier molecular flexibility index (Phi) is 5.13. The molecule has 1 atom stereocenters. The van der Waals surface area contributed by atoms with Crippen molar-refractivity contribution in [3.05, 3.63) is 46.4 Å². The number of amides is 1. The predicted octanol–water partition coefficient (Wildman–Crippen LogP) is 3.39. The zero-order valence-electron chi connectivity index (χ0n) is 15.0. The summed E-state index contributed by atoms with van der Waals surface area (Å²) in [6.07, 6.45) is 0. The van der Waals surface area contributed by atoms with Gasteiger partial charge in [-0.25, -0.2) is 4.98 Å². The Morgan fingerprint density at radius 3 is 2.65 bits per heavy atom. The molecule has 0 bridgehead atoms. The molecule has 0 radical (unpaired) electrons. The highest BCUT2D eigenvalue weighted by molar-refractivity contribution is 8.00. The van der Waals surface area contributed by atoms with Gasteiger partial charge in [-0.1, -0.05) is 29.1 Å². The molecule has 0 aliphatic heterocycles. The molecule has 0 aliphatic carbocycles. The molecular formula is C18H20N4O3S. The molecule has 26 heavy (non-hydrogen) atoms. The number of nitrogens with zero attached hydrogens (tertiary/aromatic N) is 3. The van der Waals surface area contributed by atoms with Crippen LogP contribution in [0, 0.1) is 6.92 Å². The maximum atomic E-state index is 12.8. The van der Waals surface area contributed by atoms with Gasteiger partial charge in [0, 0.05) is 12.1 Å². The van der Waals surface area contributed by atoms with Crippen LogP contribution in [-0.4, -0.2) is 25.9 Å². The van der Waals surface area contributed by atoms with Crippen LogP contribution in [0.4, 0.5) is 5.82 Å². The predicted molar refractivity (Wildman–Crippen MR) is 102 cm³/mol. The number of carbonyl (C=O) groups excluding carboxylic acids is 1. The van der Waals surface area contributed by atoms with Gasteiger partial charge in [-0.05, 0) is 39.8 Å². The fourth-order valence-corrected chi connectivity index (χ4v) is 3.57. The lowest BCUT2D eigenvalue weighted by atomic mass is 10.2. The summed E-state index contributed by atoms with van der Waals surface area (Å²) >= 11 is 1.24. The summed E-state index contributed by atoms with van der Waals surface area (Å²) in [7, 11) is 0. The van der Waals surface area contributed by atoms with E-state index in [1.807, 2.05) is 26.0 Å². The third-order valence-electron chi connectivity index (χ3n) is 3.82. The van der Waals surface area contributed by atoms with Crippen LogP contribution in [0.15, 0.2) is 44.8 Å². The molecule has 8 heteroatoms. The number of benzene rings is 1. The van der Waals surface area contributed by atoms with Crippen molar-refractivity contribution in [2.24, 2.45) is 0 Å². The highest BCUT2D eigenvalue weighted by Crippen LogP contribution is 2.25. The Balaban J connectivity index is 1.90. The largest absolute Gasteiger partial charge is 0.360 e. The molecule has 0 aliphatic rings. The van der Waals surface area contributed by atoms with Crippen LogP contribution in [0.25, 0.3) is 10.9 Å². The molecule has 0 spiro atoms. The van der Waals surface area contributed by atoms with Gasteiger partial charge in [-0.3, -0.25) is 14.2 Å². The van der Waals surface area contributed by atoms with Gasteiger partial charge >= 0.3 is 0 Å². The van der Waals surface area contributed by atoms with Gasteiger partial charge in [0.1, 0.15) is 5.76 Å². The lowest BCUT2D eigenvalue weighted by Crippen LogP contribution is -2.28. The van der Waals surface area contributed by atoms with Gasteiger partial charge in [0.05, 0.1) is 16.2 Å². The smallest absolute Gasteiger partial charge is 0.262 e. The van der Waals surface area contributed by atoms with Crippen molar-refractivity contribution in [1.29, 1.82) is 0 Å². The van der Waals surface area contributed by atoms with E-state index in [4.69, 9.17) is 4.52 Å². The van der Waals surface area contributed by atoms with E-state index in [9.17, 15) is 9.59 Å². The lowest BCUT2D eigenvalue weighted by Gasteiger charge is -2.18. The fraction of sp³-hybridized carbons (Fsp3) is 0.333. The van der Waals surface area contributed by atoms with Gasteiger partial charge in [-0.2, -0.15) is 0 Å². The average molecular weight is 372 g/mol. The number of nitrogens with one attached hydrogen (secondary N) is 1. The minimum Gasteiger partial charge on any atom is -0.360 e. The fourth-order valence-electron chi connectivity index (χ4n) is 2.53. The SMILES string of the molecule is Cc1cc(NC(=O)[C@H](C)Sc2nc3ccccc3c(=O)n2C(C)C)no1. The summed E-state index contributed by atoms with van der Waals surface area (Å²) < 4.78 is 6.57. The minimum atomic E-state index is -0.468. The minimum absolute atomic E-state index is 0.0736. The number of aromatic nitrogens is 3. The number of hydrogen-bond acceptors (Lipinski definition) is 6. The van der Waals surface area contributed by atoms with E-state index in [-0.39, 0.29) is 17.5 Å². The number of hydrogen-bond donors (Lipinski definition) is 1. The van der Waals surface area contributed by atoms with Gasteiger partial charge in [0.2, 0.25) is 5.91 Å². The summed E-state index contributed by atoms with van der Waals surface area (Å²) in [5.74, 6) is 0.749. The third kappa shape index (κ3) is 3.65. The molecule has 0 saturated heterocycles. The zero-order valence-corrected chi connectivity index (χ0v) is 15.8. The van der Waals surface area contributed by atoms with E-state index in [2.05, 4.69) is 15.5 Å². The van der Waals surface area contributed by atoms with E-state index in [0.717, 1.165) is 0 Å². The molecule has 2 heterocycles. The van der Waals surface area contributed by atoms with Crippen LogP contribution in [-0.2, 0) is 4.79 Å². The number of thioether (sulfide) groups is 1. The monoisotopic (exact) mass is 372 g/mol. The molecular weight excluding hydrogens is 352 g/mol. The second kappa shape index (κ2) is 7.33. The van der Waals surface area contributed by atoms with Gasteiger partial charge in [0.25, 0.3) is 5.56 Å². The first kappa shape index (κ1) is 18.2. The number of rotatable bonds is 5. The third-order valence-corrected chi connectivity index (χ3v) is 4.89. The molecule has 3 aromatic rings. The Bertz CT molecular complexity index is 1010. The van der Waals surface area contributed by atoms with Gasteiger partial charge in [0.15, 0.2) is 11.0 Å². The summed E-state index contributed by atoms with van der Waals surface area (Å²) in [5, 5.41) is 7.08. The molecule has 0 fully saturated rings. The number of para-hydroxylation sites is 1. The highest BCUT2D eigenvalue weighted by atomic mass is 32.2. The molecule has 7 nitrogen and oxygen atoms in total. The normalized spacial score (nSPS) is 12.5. The molecule has 1 amide bonds. The quantitative estimate of drug-likeness (QED) is 0.545. The molecule has 0 unspecified atom stereocenters. The molecule has 0 saturated carbocycles. The van der Waals surface area contributed by atoms with Crippen molar-refractivity contribution in [3.63, 3.8) is 0 Å². The number of aryl methyl sites for hydroxylation is 1. The highest BCUT2D eigenvalue weighted by Gasteiger charge is 2.21. The van der Waals surface area contributed by atoms with Gasteiger partial charge in [-0.15, -0.1) is 0 Å². The molecule has 3 rings (SSSR count). The van der Waals surface area contributed by atoms with Crippen LogP contribution >= 0.6 is 11.8 Å². The van der Waals surface area contributed by atoms with E-state index in [1.165, 1.54) is 11.8 Å². The second-order valence-corrected chi connectivity index (χ2v) is 7.56. The van der Waals surface area contributed by atoms with Crippen molar-refractivity contribution in [2.45, 2.75) is 44.1 Å². The van der Waals surface area contributed by atoms with Crippen molar-refractivity contribution < 1.29 is 9.32 Å². The number of anilines is 1. The Morgan fingerprint density at radius 1 is 1.27 bits per heavy atom. The van der Waals surface area contributed by atoms with Crippen molar-refractivity contribution >= 4 is 34.4 Å². The maximum absolute atomic E-state index is 12.8. The number of carbonyl (C=O) groups is 1. The standard InChI is InChI=1S/C18H20N4O3S/c1-10(2)22-17(24)13-7-5-6-8-14(13)19-18(22)26-12(4)16(23)20-15-9-11(3)25-21-15/h5-10,12H,1-4H3,(H,20,21,23)/t12-/m0/s1. The van der Waals surface area contributed by atoms with Gasteiger partial charge < -0.3 is 9.84 Å². The molecule has 136 valence electrons. The molecule has 1 aromatic carbocycles. The Morgan fingerprint density at radius 2 is 2.00 bits per heavy atom. The Hall–Kier alpha value is -2.61. The molecule has 2 aromatic heterocycles. The topological polar surface area (TPSA) is 90.0 Å². The van der Waals surface area contributed by atoms with E-state index in [0.29, 0.717) is 27.6 Å². The van der Waals surface area contributed by atoms with E-state index >= 15 is 0 Å². The lowest BCUT2D eigenvalue weighted by molar-refractivity contribution is -0.115. The molecule has 1 N–H and O–H groups in total. The first-order chi connectivity index (χ1) is 12.4. The average Bonchev–Trinajstić information content (AvgIpc) is 2.99. The van der Waals surface area contributed by atoms with Crippen molar-refractivity contribution in [2.75, 3.05) is 5.32 Å². The summed E-state index contributed by atoms with van der Waals surface area (Å²) in [6.45, 7) is 7.36. The summed E-state index contributed by atoms with van der Waals surface area (Å²) in [4.78, 5) is 29.9. The van der Waals surface area contributed by atoms with Crippen molar-refractivity contribution in [1.82, 2.24) is 14.7 Å². The van der Waals surface area contributed by atoms with E-state index in [1.54, 1.807) is 36.6 Å².